The van der Waals surface area contributed by atoms with Crippen molar-refractivity contribution in [1.29, 1.82) is 0 Å². The highest BCUT2D eigenvalue weighted by Crippen LogP contribution is 2.44. The van der Waals surface area contributed by atoms with E-state index in [1.165, 1.54) is 6.92 Å². The molecule has 2 heterocycles. The van der Waals surface area contributed by atoms with E-state index in [4.69, 9.17) is 9.47 Å². The van der Waals surface area contributed by atoms with Gasteiger partial charge in [-0.25, -0.2) is 0 Å². The van der Waals surface area contributed by atoms with Crippen LogP contribution in [0, 0.1) is 6.92 Å². The standard InChI is InChI=1S/C24H26N4O3S/c1-5-6-13-32-24-25-22-21(26-27-24)19-14-15(2)7-12-20(19)28(16(3)29)23(31-22)17-8-10-18(30-4)11-9-17/h7-12,14,23H,5-6,13H2,1-4H3/t23-/m0/s1. The molecule has 0 saturated heterocycles. The van der Waals surface area contributed by atoms with Crippen molar-refractivity contribution in [2.75, 3.05) is 17.8 Å². The second kappa shape index (κ2) is 9.56. The first kappa shape index (κ1) is 22.1. The van der Waals surface area contributed by atoms with Crippen molar-refractivity contribution in [3.8, 4) is 22.9 Å². The molecule has 1 aliphatic rings. The molecule has 0 saturated carbocycles. The van der Waals surface area contributed by atoms with Crippen LogP contribution in [-0.2, 0) is 4.79 Å². The number of aromatic nitrogens is 3. The maximum absolute atomic E-state index is 12.9. The Morgan fingerprint density at radius 1 is 1.19 bits per heavy atom. The molecule has 0 aliphatic carbocycles. The fourth-order valence-corrected chi connectivity index (χ4v) is 4.43. The average Bonchev–Trinajstić information content (AvgIpc) is 2.93. The van der Waals surface area contributed by atoms with Crippen LogP contribution in [0.5, 0.6) is 11.6 Å². The van der Waals surface area contributed by atoms with Crippen molar-refractivity contribution in [3.05, 3.63) is 53.6 Å². The Labute approximate surface area is 192 Å². The van der Waals surface area contributed by atoms with Gasteiger partial charge in [0.05, 0.1) is 12.8 Å². The topological polar surface area (TPSA) is 77.4 Å². The van der Waals surface area contributed by atoms with Crippen molar-refractivity contribution in [2.45, 2.75) is 45.0 Å². The summed E-state index contributed by atoms with van der Waals surface area (Å²) in [4.78, 5) is 19.2. The molecule has 1 atom stereocenters. The van der Waals surface area contributed by atoms with E-state index in [0.717, 1.165) is 41.0 Å². The van der Waals surface area contributed by atoms with E-state index in [-0.39, 0.29) is 5.91 Å². The van der Waals surface area contributed by atoms with Crippen LogP contribution in [0.2, 0.25) is 0 Å². The predicted octanol–water partition coefficient (Wildman–Crippen LogP) is 5.19. The van der Waals surface area contributed by atoms with Gasteiger partial charge in [-0.05, 0) is 49.7 Å². The summed E-state index contributed by atoms with van der Waals surface area (Å²) in [7, 11) is 1.62. The Morgan fingerprint density at radius 2 is 1.97 bits per heavy atom. The number of carbonyl (C=O) groups is 1. The first-order valence-corrected chi connectivity index (χ1v) is 11.6. The van der Waals surface area contributed by atoms with E-state index in [0.29, 0.717) is 22.4 Å². The van der Waals surface area contributed by atoms with Gasteiger partial charge in [0.25, 0.3) is 0 Å². The van der Waals surface area contributed by atoms with E-state index in [9.17, 15) is 4.79 Å². The van der Waals surface area contributed by atoms with Gasteiger partial charge >= 0.3 is 0 Å². The van der Waals surface area contributed by atoms with Crippen molar-refractivity contribution < 1.29 is 14.3 Å². The van der Waals surface area contributed by atoms with Gasteiger partial charge in [0, 0.05) is 23.8 Å². The number of carbonyl (C=O) groups excluding carboxylic acids is 1. The summed E-state index contributed by atoms with van der Waals surface area (Å²) in [5.41, 5.74) is 3.87. The summed E-state index contributed by atoms with van der Waals surface area (Å²) in [5, 5.41) is 9.37. The van der Waals surface area contributed by atoms with Gasteiger partial charge in [-0.2, -0.15) is 4.98 Å². The number of unbranched alkanes of at least 4 members (excludes halogenated alkanes) is 1. The van der Waals surface area contributed by atoms with Crippen LogP contribution >= 0.6 is 11.8 Å². The normalized spacial score (nSPS) is 14.8. The lowest BCUT2D eigenvalue weighted by Gasteiger charge is -2.30. The lowest BCUT2D eigenvalue weighted by atomic mass is 10.0. The zero-order valence-corrected chi connectivity index (χ0v) is 19.5. The fourth-order valence-electron chi connectivity index (χ4n) is 3.57. The minimum absolute atomic E-state index is 0.144. The number of ether oxygens (including phenoxy) is 2. The molecular formula is C24H26N4O3S. The van der Waals surface area contributed by atoms with Crippen molar-refractivity contribution in [2.24, 2.45) is 0 Å². The van der Waals surface area contributed by atoms with Crippen molar-refractivity contribution in [3.63, 3.8) is 0 Å². The number of rotatable bonds is 6. The molecule has 0 unspecified atom stereocenters. The van der Waals surface area contributed by atoms with E-state index in [1.807, 2.05) is 49.4 Å². The van der Waals surface area contributed by atoms with E-state index >= 15 is 0 Å². The second-order valence-corrected chi connectivity index (χ2v) is 8.67. The number of anilines is 1. The smallest absolute Gasteiger partial charge is 0.247 e. The molecule has 1 aliphatic heterocycles. The van der Waals surface area contributed by atoms with Crippen LogP contribution in [0.25, 0.3) is 11.3 Å². The molecule has 3 aromatic rings. The predicted molar refractivity (Wildman–Crippen MR) is 125 cm³/mol. The first-order valence-electron chi connectivity index (χ1n) is 10.6. The van der Waals surface area contributed by atoms with Crippen molar-refractivity contribution in [1.82, 2.24) is 15.2 Å². The van der Waals surface area contributed by atoms with Gasteiger partial charge < -0.3 is 9.47 Å². The molecule has 0 bridgehead atoms. The lowest BCUT2D eigenvalue weighted by molar-refractivity contribution is -0.118. The number of hydrogen-bond acceptors (Lipinski definition) is 7. The van der Waals surface area contributed by atoms with Gasteiger partial charge in [-0.15, -0.1) is 10.2 Å². The Hall–Kier alpha value is -3.13. The molecule has 0 spiro atoms. The van der Waals surface area contributed by atoms with E-state index in [2.05, 4.69) is 22.1 Å². The number of nitrogens with zero attached hydrogens (tertiary/aromatic N) is 4. The van der Waals surface area contributed by atoms with Crippen LogP contribution in [0.1, 0.15) is 44.0 Å². The third kappa shape index (κ3) is 4.41. The number of amides is 1. The SMILES string of the molecule is CCCCSc1nnc2c(n1)O[C@@H](c1ccc(OC)cc1)N(C(C)=O)c1ccc(C)cc1-2. The lowest BCUT2D eigenvalue weighted by Crippen LogP contribution is -2.36. The average molecular weight is 451 g/mol. The van der Waals surface area contributed by atoms with Gasteiger partial charge in [0.15, 0.2) is 5.69 Å². The van der Waals surface area contributed by atoms with E-state index < -0.39 is 6.23 Å². The van der Waals surface area contributed by atoms with Gasteiger partial charge in [-0.1, -0.05) is 36.7 Å². The second-order valence-electron chi connectivity index (χ2n) is 7.60. The highest BCUT2D eigenvalue weighted by atomic mass is 32.2. The quantitative estimate of drug-likeness (QED) is 0.378. The number of thioether (sulfide) groups is 1. The third-order valence-electron chi connectivity index (χ3n) is 5.23. The van der Waals surface area contributed by atoms with Crippen molar-refractivity contribution >= 4 is 23.4 Å². The largest absolute Gasteiger partial charge is 0.497 e. The molecule has 1 amide bonds. The Bertz CT molecular complexity index is 1120. The highest BCUT2D eigenvalue weighted by molar-refractivity contribution is 7.99. The maximum Gasteiger partial charge on any atom is 0.247 e. The Balaban J connectivity index is 1.86. The van der Waals surface area contributed by atoms with Crippen LogP contribution < -0.4 is 14.4 Å². The molecular weight excluding hydrogens is 424 g/mol. The zero-order chi connectivity index (χ0) is 22.7. The Morgan fingerprint density at radius 3 is 2.66 bits per heavy atom. The molecule has 2 aromatic carbocycles. The highest BCUT2D eigenvalue weighted by Gasteiger charge is 2.34. The van der Waals surface area contributed by atoms with Gasteiger partial charge in [-0.3, -0.25) is 9.69 Å². The van der Waals surface area contributed by atoms with Gasteiger partial charge in [0.2, 0.25) is 23.2 Å². The van der Waals surface area contributed by atoms with Crippen LogP contribution in [0.4, 0.5) is 5.69 Å². The van der Waals surface area contributed by atoms with Crippen LogP contribution in [-0.4, -0.2) is 34.0 Å². The van der Waals surface area contributed by atoms with Crippen LogP contribution in [0.3, 0.4) is 0 Å². The number of benzene rings is 2. The Kier molecular flexibility index (Phi) is 6.60. The summed E-state index contributed by atoms with van der Waals surface area (Å²) in [6, 6.07) is 13.4. The maximum atomic E-state index is 12.9. The van der Waals surface area contributed by atoms with Gasteiger partial charge in [0.1, 0.15) is 5.75 Å². The molecule has 32 heavy (non-hydrogen) atoms. The zero-order valence-electron chi connectivity index (χ0n) is 18.7. The minimum Gasteiger partial charge on any atom is -0.497 e. The molecule has 1 aromatic heterocycles. The number of hydrogen-bond donors (Lipinski definition) is 0. The number of fused-ring (bicyclic) bond motifs is 3. The first-order chi connectivity index (χ1) is 15.5. The number of aryl methyl sites for hydroxylation is 1. The molecule has 7 nitrogen and oxygen atoms in total. The van der Waals surface area contributed by atoms with E-state index in [1.54, 1.807) is 23.8 Å². The molecule has 8 heteroatoms. The molecule has 166 valence electrons. The fraction of sp³-hybridized carbons (Fsp3) is 0.333. The summed E-state index contributed by atoms with van der Waals surface area (Å²) in [6.07, 6.45) is 1.47. The molecule has 0 radical (unpaired) electrons. The van der Waals surface area contributed by atoms with Crippen LogP contribution in [0.15, 0.2) is 47.6 Å². The minimum atomic E-state index is -0.702. The monoisotopic (exact) mass is 450 g/mol. The summed E-state index contributed by atoms with van der Waals surface area (Å²) in [6.45, 7) is 5.68. The molecule has 0 fully saturated rings. The third-order valence-corrected chi connectivity index (χ3v) is 6.15. The summed E-state index contributed by atoms with van der Waals surface area (Å²) < 4.78 is 11.7. The number of methoxy groups -OCH3 is 1. The summed E-state index contributed by atoms with van der Waals surface area (Å²) >= 11 is 1.56. The molecule has 0 N–H and O–H groups in total. The summed E-state index contributed by atoms with van der Waals surface area (Å²) in [5.74, 6) is 1.87. The molecule has 4 rings (SSSR count).